The van der Waals surface area contributed by atoms with Crippen LogP contribution >= 0.6 is 0 Å². The number of amides is 1. The molecule has 1 amide bonds. The number of ketones is 1. The average Bonchev–Trinajstić information content (AvgIpc) is 3.83. The van der Waals surface area contributed by atoms with Gasteiger partial charge in [0.1, 0.15) is 18.6 Å². The van der Waals surface area contributed by atoms with Crippen LogP contribution in [-0.4, -0.2) is 39.5 Å². The highest BCUT2D eigenvalue weighted by atomic mass is 32.2. The van der Waals surface area contributed by atoms with Crippen LogP contribution in [0.4, 0.5) is 4.79 Å². The zero-order valence-corrected chi connectivity index (χ0v) is 24.2. The Balaban J connectivity index is 1.05. The molecule has 44 heavy (non-hydrogen) atoms. The molecule has 220 valence electrons. The maximum atomic E-state index is 13.7. The van der Waals surface area contributed by atoms with Gasteiger partial charge in [0.2, 0.25) is 21.7 Å². The predicted octanol–water partition coefficient (Wildman–Crippen LogP) is 5.32. The van der Waals surface area contributed by atoms with Gasteiger partial charge in [0, 0.05) is 37.0 Å². The van der Waals surface area contributed by atoms with E-state index in [9.17, 15) is 18.0 Å². The summed E-state index contributed by atoms with van der Waals surface area (Å²) in [7, 11) is -3.80. The van der Waals surface area contributed by atoms with Gasteiger partial charge >= 0.3 is 6.09 Å². The van der Waals surface area contributed by atoms with Crippen molar-refractivity contribution in [2.75, 3.05) is 0 Å². The van der Waals surface area contributed by atoms with Gasteiger partial charge in [-0.05, 0) is 58.1 Å². The number of pyridine rings is 1. The third kappa shape index (κ3) is 5.16. The van der Waals surface area contributed by atoms with Crippen molar-refractivity contribution in [3.05, 3.63) is 137 Å². The highest BCUT2D eigenvalue weighted by Crippen LogP contribution is 2.32. The molecule has 0 bridgehead atoms. The summed E-state index contributed by atoms with van der Waals surface area (Å²) in [4.78, 5) is 36.7. The monoisotopic (exact) mass is 606 g/mol. The molecule has 0 fully saturated rings. The Kier molecular flexibility index (Phi) is 7.03. The fraction of sp³-hybridized carbons (Fsp3) is 0.152. The van der Waals surface area contributed by atoms with Crippen LogP contribution in [0.2, 0.25) is 0 Å². The SMILES string of the molecule is O=C(c1cc2c(cn1)CN(S(=O)(=O)c1ccc(-c3ncco3)cc1)C2)c1cccc2c1CN(C(=O)OCc1ccccc1)C2. The molecular weight excluding hydrogens is 580 g/mol. The maximum absolute atomic E-state index is 13.7. The molecule has 2 aliphatic heterocycles. The lowest BCUT2D eigenvalue weighted by molar-refractivity contribution is 0.0949. The van der Waals surface area contributed by atoms with Crippen molar-refractivity contribution in [2.24, 2.45) is 0 Å². The molecule has 11 heteroatoms. The number of nitrogens with zero attached hydrogens (tertiary/aromatic N) is 4. The van der Waals surface area contributed by atoms with Gasteiger partial charge in [0.15, 0.2) is 0 Å². The van der Waals surface area contributed by atoms with Crippen molar-refractivity contribution in [3.63, 3.8) is 0 Å². The van der Waals surface area contributed by atoms with Crippen molar-refractivity contribution in [2.45, 2.75) is 37.7 Å². The van der Waals surface area contributed by atoms with Gasteiger partial charge in [0.25, 0.3) is 0 Å². The van der Waals surface area contributed by atoms with E-state index in [0.29, 0.717) is 23.6 Å². The van der Waals surface area contributed by atoms with Crippen LogP contribution in [0.1, 0.15) is 43.9 Å². The number of ether oxygens (including phenoxy) is 1. The molecule has 4 heterocycles. The number of benzene rings is 3. The van der Waals surface area contributed by atoms with Crippen molar-refractivity contribution in [3.8, 4) is 11.5 Å². The van der Waals surface area contributed by atoms with Gasteiger partial charge in [-0.15, -0.1) is 0 Å². The molecule has 7 rings (SSSR count). The van der Waals surface area contributed by atoms with E-state index >= 15 is 0 Å². The lowest BCUT2D eigenvalue weighted by Gasteiger charge is -2.15. The number of sulfonamides is 1. The molecule has 0 aliphatic carbocycles. The molecule has 2 aromatic heterocycles. The summed E-state index contributed by atoms with van der Waals surface area (Å²) in [5, 5.41) is 0. The topological polar surface area (TPSA) is 123 Å². The van der Waals surface area contributed by atoms with Gasteiger partial charge in [-0.25, -0.2) is 18.2 Å². The van der Waals surface area contributed by atoms with E-state index in [1.807, 2.05) is 36.4 Å². The van der Waals surface area contributed by atoms with E-state index in [4.69, 9.17) is 9.15 Å². The summed E-state index contributed by atoms with van der Waals surface area (Å²) in [5.74, 6) is 0.123. The van der Waals surface area contributed by atoms with Crippen LogP contribution in [0.15, 0.2) is 107 Å². The minimum atomic E-state index is -3.80. The lowest BCUT2D eigenvalue weighted by atomic mass is 9.97. The molecule has 0 atom stereocenters. The molecule has 0 saturated carbocycles. The summed E-state index contributed by atoms with van der Waals surface area (Å²) in [6.45, 7) is 1.03. The molecule has 2 aliphatic rings. The quantitative estimate of drug-likeness (QED) is 0.228. The number of rotatable bonds is 7. The third-order valence-electron chi connectivity index (χ3n) is 7.87. The molecule has 5 aromatic rings. The van der Waals surface area contributed by atoms with E-state index < -0.39 is 16.1 Å². The van der Waals surface area contributed by atoms with Gasteiger partial charge in [-0.2, -0.15) is 4.31 Å². The number of fused-ring (bicyclic) bond motifs is 2. The zero-order valence-electron chi connectivity index (χ0n) is 23.4. The largest absolute Gasteiger partial charge is 0.445 e. The number of oxazole rings is 1. The van der Waals surface area contributed by atoms with Gasteiger partial charge < -0.3 is 9.15 Å². The third-order valence-corrected chi connectivity index (χ3v) is 9.68. The van der Waals surface area contributed by atoms with E-state index in [-0.39, 0.29) is 42.6 Å². The number of hydrogen-bond donors (Lipinski definition) is 0. The molecular formula is C33H26N4O6S. The molecule has 0 N–H and O–H groups in total. The number of carbonyl (C=O) groups is 2. The van der Waals surface area contributed by atoms with Crippen molar-refractivity contribution in [1.82, 2.24) is 19.2 Å². The van der Waals surface area contributed by atoms with Crippen LogP contribution in [0.5, 0.6) is 0 Å². The summed E-state index contributed by atoms with van der Waals surface area (Å²) in [5.41, 5.74) is 5.34. The Labute approximate surface area is 253 Å². The smallest absolute Gasteiger partial charge is 0.410 e. The Morgan fingerprint density at radius 3 is 2.41 bits per heavy atom. The van der Waals surface area contributed by atoms with Crippen LogP contribution in [0.25, 0.3) is 11.5 Å². The molecule has 0 spiro atoms. The van der Waals surface area contributed by atoms with Gasteiger partial charge in [0.05, 0.1) is 17.6 Å². The molecule has 10 nitrogen and oxygen atoms in total. The maximum Gasteiger partial charge on any atom is 0.410 e. The second kappa shape index (κ2) is 11.2. The predicted molar refractivity (Wildman–Crippen MR) is 158 cm³/mol. The van der Waals surface area contributed by atoms with Crippen LogP contribution in [-0.2, 0) is 47.5 Å². The standard InChI is InChI=1S/C33H26N4O6S/c38-31(28-8-4-7-24-17-36(20-29(24)28)33(39)43-21-22-5-2-1-3-6-22)30-15-25-18-37(19-26(25)16-35-30)44(40,41)27-11-9-23(10-12-27)32-34-13-14-42-32/h1-16H,17-21H2. The van der Waals surface area contributed by atoms with Crippen LogP contribution < -0.4 is 0 Å². The second-order valence-electron chi connectivity index (χ2n) is 10.6. The molecule has 0 saturated heterocycles. The summed E-state index contributed by atoms with van der Waals surface area (Å²) < 4.78 is 39.0. The van der Waals surface area contributed by atoms with Crippen molar-refractivity contribution >= 4 is 21.9 Å². The van der Waals surface area contributed by atoms with E-state index in [1.165, 1.54) is 28.9 Å². The number of carbonyl (C=O) groups excluding carboxylic acids is 2. The van der Waals surface area contributed by atoms with Gasteiger partial charge in [-0.3, -0.25) is 14.7 Å². The zero-order chi connectivity index (χ0) is 30.3. The summed E-state index contributed by atoms with van der Waals surface area (Å²) in [6.07, 6.45) is 4.10. The Morgan fingerprint density at radius 2 is 1.64 bits per heavy atom. The first-order valence-electron chi connectivity index (χ1n) is 14.0. The normalized spacial score (nSPS) is 14.3. The molecule has 3 aromatic carbocycles. The first-order valence-corrected chi connectivity index (χ1v) is 15.4. The van der Waals surface area contributed by atoms with Crippen LogP contribution in [0, 0.1) is 0 Å². The average molecular weight is 607 g/mol. The van der Waals surface area contributed by atoms with E-state index in [2.05, 4.69) is 9.97 Å². The second-order valence-corrected chi connectivity index (χ2v) is 12.6. The first kappa shape index (κ1) is 27.7. The Morgan fingerprint density at radius 1 is 0.841 bits per heavy atom. The van der Waals surface area contributed by atoms with E-state index in [1.54, 1.807) is 41.4 Å². The highest BCUT2D eigenvalue weighted by Gasteiger charge is 2.33. The highest BCUT2D eigenvalue weighted by molar-refractivity contribution is 7.89. The molecule has 0 radical (unpaired) electrons. The van der Waals surface area contributed by atoms with Gasteiger partial charge in [-0.1, -0.05) is 48.5 Å². The Bertz CT molecular complexity index is 1980. The number of aromatic nitrogens is 2. The fourth-order valence-electron chi connectivity index (χ4n) is 5.54. The first-order chi connectivity index (χ1) is 21.4. The van der Waals surface area contributed by atoms with Crippen LogP contribution in [0.3, 0.4) is 0 Å². The minimum Gasteiger partial charge on any atom is -0.445 e. The fourth-order valence-corrected chi connectivity index (χ4v) is 6.94. The lowest BCUT2D eigenvalue weighted by Crippen LogP contribution is -2.26. The number of hydrogen-bond acceptors (Lipinski definition) is 8. The minimum absolute atomic E-state index is 0.121. The summed E-state index contributed by atoms with van der Waals surface area (Å²) in [6, 6.07) is 22.9. The Hall–Kier alpha value is -5.13. The van der Waals surface area contributed by atoms with Crippen molar-refractivity contribution in [1.29, 1.82) is 0 Å². The van der Waals surface area contributed by atoms with E-state index in [0.717, 1.165) is 27.8 Å². The van der Waals surface area contributed by atoms with Crippen molar-refractivity contribution < 1.29 is 27.2 Å². The summed E-state index contributed by atoms with van der Waals surface area (Å²) >= 11 is 0. The molecule has 0 unspecified atom stereocenters.